The molecule has 0 spiro atoms. The molecule has 0 aliphatic heterocycles. The van der Waals surface area contributed by atoms with Crippen LogP contribution in [0, 0.1) is 13.8 Å². The molecule has 0 radical (unpaired) electrons. The number of halogens is 2. The second-order valence-electron chi connectivity index (χ2n) is 5.98. The summed E-state index contributed by atoms with van der Waals surface area (Å²) in [5.41, 5.74) is 3.95. The van der Waals surface area contributed by atoms with Gasteiger partial charge in [-0.2, -0.15) is 5.10 Å². The second kappa shape index (κ2) is 8.06. The molecule has 0 amide bonds. The number of aryl methyl sites for hydroxylation is 1. The Hall–Kier alpha value is -2.11. The van der Waals surface area contributed by atoms with E-state index in [4.69, 9.17) is 16.3 Å². The summed E-state index contributed by atoms with van der Waals surface area (Å²) in [5, 5.41) is 5.01. The highest BCUT2D eigenvalue weighted by molar-refractivity contribution is 9.10. The number of hydrogen-bond donors (Lipinski definition) is 0. The number of carbonyl (C=O) groups excluding carboxylic acids is 1. The Balaban J connectivity index is 1.74. The smallest absolute Gasteiger partial charge is 0.284 e. The number of benzene rings is 2. The molecule has 0 aliphatic rings. The molecule has 3 aromatic rings. The maximum atomic E-state index is 12.6. The third-order valence-corrected chi connectivity index (χ3v) is 5.00. The van der Waals surface area contributed by atoms with Gasteiger partial charge in [0.15, 0.2) is 6.61 Å². The lowest BCUT2D eigenvalue weighted by atomic mass is 10.0. The van der Waals surface area contributed by atoms with E-state index in [-0.39, 0.29) is 12.5 Å². The first-order chi connectivity index (χ1) is 12.5. The molecule has 0 N–H and O–H groups in total. The van der Waals surface area contributed by atoms with Gasteiger partial charge in [0.1, 0.15) is 5.75 Å². The van der Waals surface area contributed by atoms with Crippen LogP contribution in [-0.2, 0) is 6.42 Å². The maximum Gasteiger partial charge on any atom is 0.284 e. The van der Waals surface area contributed by atoms with Gasteiger partial charge >= 0.3 is 0 Å². The molecule has 0 fully saturated rings. The average molecular weight is 434 g/mol. The van der Waals surface area contributed by atoms with Crippen LogP contribution in [0.1, 0.15) is 27.3 Å². The maximum absolute atomic E-state index is 12.6. The molecule has 26 heavy (non-hydrogen) atoms. The fourth-order valence-corrected chi connectivity index (χ4v) is 3.56. The zero-order chi connectivity index (χ0) is 18.7. The largest absolute Gasteiger partial charge is 0.482 e. The summed E-state index contributed by atoms with van der Waals surface area (Å²) in [5.74, 6) is 0.348. The third kappa shape index (κ3) is 4.17. The van der Waals surface area contributed by atoms with Gasteiger partial charge in [-0.15, -0.1) is 0 Å². The normalized spacial score (nSPS) is 10.8. The summed E-state index contributed by atoms with van der Waals surface area (Å²) < 4.78 is 7.75. The summed E-state index contributed by atoms with van der Waals surface area (Å²) in [6, 6.07) is 15.3. The Bertz CT molecular complexity index is 938. The quantitative estimate of drug-likeness (QED) is 0.554. The average Bonchev–Trinajstić information content (AvgIpc) is 2.90. The first kappa shape index (κ1) is 18.7. The molecule has 3 rings (SSSR count). The highest BCUT2D eigenvalue weighted by atomic mass is 79.9. The van der Waals surface area contributed by atoms with E-state index in [1.807, 2.05) is 32.0 Å². The summed E-state index contributed by atoms with van der Waals surface area (Å²) >= 11 is 9.29. The van der Waals surface area contributed by atoms with Crippen molar-refractivity contribution in [3.63, 3.8) is 0 Å². The van der Waals surface area contributed by atoms with Gasteiger partial charge in [0.05, 0.1) is 10.2 Å². The van der Waals surface area contributed by atoms with E-state index in [9.17, 15) is 4.79 Å². The van der Waals surface area contributed by atoms with Crippen molar-refractivity contribution in [1.29, 1.82) is 0 Å². The van der Waals surface area contributed by atoms with Crippen LogP contribution in [0.5, 0.6) is 5.75 Å². The van der Waals surface area contributed by atoms with Crippen LogP contribution in [-0.4, -0.2) is 22.3 Å². The van der Waals surface area contributed by atoms with Crippen LogP contribution >= 0.6 is 27.5 Å². The van der Waals surface area contributed by atoms with Crippen molar-refractivity contribution in [2.75, 3.05) is 6.61 Å². The van der Waals surface area contributed by atoms with E-state index in [2.05, 4.69) is 33.2 Å². The van der Waals surface area contributed by atoms with Gasteiger partial charge in [0.2, 0.25) is 0 Å². The van der Waals surface area contributed by atoms with Crippen molar-refractivity contribution in [3.05, 3.63) is 80.5 Å². The van der Waals surface area contributed by atoms with Crippen molar-refractivity contribution >= 4 is 33.4 Å². The van der Waals surface area contributed by atoms with Gasteiger partial charge < -0.3 is 4.74 Å². The second-order valence-corrected chi connectivity index (χ2v) is 7.27. The Morgan fingerprint density at radius 3 is 2.62 bits per heavy atom. The van der Waals surface area contributed by atoms with Gasteiger partial charge in [-0.25, -0.2) is 4.68 Å². The number of hydrogen-bond acceptors (Lipinski definition) is 3. The van der Waals surface area contributed by atoms with Crippen LogP contribution in [0.2, 0.25) is 5.02 Å². The molecule has 6 heteroatoms. The van der Waals surface area contributed by atoms with Gasteiger partial charge in [-0.3, -0.25) is 4.79 Å². The molecule has 0 atom stereocenters. The highest BCUT2D eigenvalue weighted by Crippen LogP contribution is 2.28. The fraction of sp³-hybridized carbons (Fsp3) is 0.200. The lowest BCUT2D eigenvalue weighted by Crippen LogP contribution is -2.22. The zero-order valence-electron chi connectivity index (χ0n) is 14.5. The Morgan fingerprint density at radius 2 is 1.92 bits per heavy atom. The van der Waals surface area contributed by atoms with Crippen LogP contribution in [0.4, 0.5) is 0 Å². The lowest BCUT2D eigenvalue weighted by molar-refractivity contribution is 0.0817. The molecular formula is C20H18BrClN2O2. The van der Waals surface area contributed by atoms with Gasteiger partial charge in [-0.05, 0) is 53.5 Å². The number of aromatic nitrogens is 2. The highest BCUT2D eigenvalue weighted by Gasteiger charge is 2.17. The van der Waals surface area contributed by atoms with E-state index in [1.54, 1.807) is 18.2 Å². The number of ether oxygens (including phenoxy) is 1. The Morgan fingerprint density at radius 1 is 1.19 bits per heavy atom. The van der Waals surface area contributed by atoms with Gasteiger partial charge in [0, 0.05) is 22.7 Å². The number of nitrogens with zero attached hydrogens (tertiary/aromatic N) is 2. The van der Waals surface area contributed by atoms with Crippen molar-refractivity contribution < 1.29 is 9.53 Å². The minimum Gasteiger partial charge on any atom is -0.482 e. The molecule has 0 unspecified atom stereocenters. The van der Waals surface area contributed by atoms with E-state index in [0.29, 0.717) is 15.2 Å². The molecule has 134 valence electrons. The minimum atomic E-state index is -0.216. The van der Waals surface area contributed by atoms with Gasteiger partial charge in [0.25, 0.3) is 5.91 Å². The Kier molecular flexibility index (Phi) is 5.79. The number of rotatable bonds is 5. The van der Waals surface area contributed by atoms with E-state index in [1.165, 1.54) is 10.2 Å². The minimum absolute atomic E-state index is 0.104. The molecule has 1 heterocycles. The monoisotopic (exact) mass is 432 g/mol. The molecule has 4 nitrogen and oxygen atoms in total. The van der Waals surface area contributed by atoms with Crippen molar-refractivity contribution in [2.45, 2.75) is 20.3 Å². The molecule has 0 saturated carbocycles. The standard InChI is InChI=1S/C20H18BrClN2O2/c1-13-17(10-15-6-4-3-5-7-15)14(2)24(23-13)20(25)12-26-19-9-8-16(22)11-18(19)21/h3-9,11H,10,12H2,1-2H3. The Labute approximate surface area is 165 Å². The third-order valence-electron chi connectivity index (χ3n) is 4.15. The molecular weight excluding hydrogens is 416 g/mol. The van der Waals surface area contributed by atoms with Gasteiger partial charge in [-0.1, -0.05) is 41.9 Å². The summed E-state index contributed by atoms with van der Waals surface area (Å²) in [6.07, 6.45) is 0.745. The fourth-order valence-electron chi connectivity index (χ4n) is 2.77. The number of carbonyl (C=O) groups is 1. The van der Waals surface area contributed by atoms with E-state index < -0.39 is 0 Å². The van der Waals surface area contributed by atoms with Crippen LogP contribution in [0.25, 0.3) is 0 Å². The van der Waals surface area contributed by atoms with Crippen LogP contribution in [0.15, 0.2) is 53.0 Å². The SMILES string of the molecule is Cc1nn(C(=O)COc2ccc(Cl)cc2Br)c(C)c1Cc1ccccc1. The molecule has 0 saturated heterocycles. The van der Waals surface area contributed by atoms with E-state index >= 15 is 0 Å². The zero-order valence-corrected chi connectivity index (χ0v) is 16.8. The lowest BCUT2D eigenvalue weighted by Gasteiger charge is -2.09. The van der Waals surface area contributed by atoms with Crippen LogP contribution in [0.3, 0.4) is 0 Å². The first-order valence-electron chi connectivity index (χ1n) is 8.16. The van der Waals surface area contributed by atoms with Crippen molar-refractivity contribution in [2.24, 2.45) is 0 Å². The summed E-state index contributed by atoms with van der Waals surface area (Å²) in [7, 11) is 0. The van der Waals surface area contributed by atoms with Crippen LogP contribution < -0.4 is 4.74 Å². The van der Waals surface area contributed by atoms with Crippen molar-refractivity contribution in [3.8, 4) is 5.75 Å². The molecule has 0 bridgehead atoms. The summed E-state index contributed by atoms with van der Waals surface area (Å²) in [6.45, 7) is 3.73. The molecule has 2 aromatic carbocycles. The molecule has 1 aromatic heterocycles. The predicted molar refractivity (Wildman–Crippen MR) is 106 cm³/mol. The topological polar surface area (TPSA) is 44.1 Å². The first-order valence-corrected chi connectivity index (χ1v) is 9.33. The van der Waals surface area contributed by atoms with Crippen molar-refractivity contribution in [1.82, 2.24) is 9.78 Å². The molecule has 0 aliphatic carbocycles. The van der Waals surface area contributed by atoms with E-state index in [0.717, 1.165) is 23.4 Å². The predicted octanol–water partition coefficient (Wildman–Crippen LogP) is 5.23. The summed E-state index contributed by atoms with van der Waals surface area (Å²) in [4.78, 5) is 12.6.